The van der Waals surface area contributed by atoms with E-state index < -0.39 is 5.60 Å². The number of carbonyl (C=O) groups is 1. The molecule has 1 amide bonds. The van der Waals surface area contributed by atoms with E-state index in [9.17, 15) is 4.79 Å². The molecule has 2 aromatic heterocycles. The fourth-order valence-electron chi connectivity index (χ4n) is 3.77. The van der Waals surface area contributed by atoms with E-state index in [4.69, 9.17) is 9.26 Å². The Kier molecular flexibility index (Phi) is 5.76. The molecule has 0 saturated carbocycles. The van der Waals surface area contributed by atoms with E-state index in [1.807, 2.05) is 49.5 Å². The molecule has 3 aromatic rings. The van der Waals surface area contributed by atoms with Crippen molar-refractivity contribution in [2.45, 2.75) is 44.8 Å². The average molecular weight is 394 g/mol. The van der Waals surface area contributed by atoms with Gasteiger partial charge in [-0.05, 0) is 26.2 Å². The zero-order chi connectivity index (χ0) is 20.1. The molecule has 3 heterocycles. The van der Waals surface area contributed by atoms with Crippen molar-refractivity contribution in [2.75, 3.05) is 13.2 Å². The molecule has 29 heavy (non-hydrogen) atoms. The number of aryl methyl sites for hydroxylation is 2. The zero-order valence-electron chi connectivity index (χ0n) is 16.6. The Morgan fingerprint density at radius 3 is 2.90 bits per heavy atom. The van der Waals surface area contributed by atoms with Gasteiger partial charge in [0.25, 0.3) is 5.91 Å². The molecule has 1 N–H and O–H groups in total. The SMILES string of the molecule is Cc1nccn1CCCNC(=O)[C@@]1(Cc2cc(-c3ccccc3)no2)CCCO1. The third kappa shape index (κ3) is 4.40. The van der Waals surface area contributed by atoms with Crippen molar-refractivity contribution in [1.82, 2.24) is 20.0 Å². The molecule has 7 heteroatoms. The van der Waals surface area contributed by atoms with Crippen LogP contribution in [0.15, 0.2) is 53.3 Å². The molecule has 1 saturated heterocycles. The van der Waals surface area contributed by atoms with Crippen molar-refractivity contribution in [1.29, 1.82) is 0 Å². The highest BCUT2D eigenvalue weighted by atomic mass is 16.5. The highest BCUT2D eigenvalue weighted by molar-refractivity contribution is 5.85. The Labute approximate surface area is 170 Å². The van der Waals surface area contributed by atoms with Crippen LogP contribution in [0.25, 0.3) is 11.3 Å². The van der Waals surface area contributed by atoms with Gasteiger partial charge < -0.3 is 19.1 Å². The number of amides is 1. The molecule has 0 unspecified atom stereocenters. The summed E-state index contributed by atoms with van der Waals surface area (Å²) < 4.78 is 13.5. The zero-order valence-corrected chi connectivity index (χ0v) is 16.6. The second kappa shape index (κ2) is 8.61. The van der Waals surface area contributed by atoms with Crippen LogP contribution >= 0.6 is 0 Å². The van der Waals surface area contributed by atoms with Gasteiger partial charge in [0.05, 0.1) is 0 Å². The van der Waals surface area contributed by atoms with Crippen LogP contribution in [0.3, 0.4) is 0 Å². The smallest absolute Gasteiger partial charge is 0.252 e. The summed E-state index contributed by atoms with van der Waals surface area (Å²) in [5.74, 6) is 1.57. The molecule has 0 radical (unpaired) electrons. The number of nitrogens with one attached hydrogen (secondary N) is 1. The summed E-state index contributed by atoms with van der Waals surface area (Å²) in [7, 11) is 0. The first-order valence-corrected chi connectivity index (χ1v) is 10.1. The van der Waals surface area contributed by atoms with Gasteiger partial charge in [0, 0.05) is 50.1 Å². The number of aromatic nitrogens is 3. The lowest BCUT2D eigenvalue weighted by Gasteiger charge is -2.26. The van der Waals surface area contributed by atoms with E-state index in [1.54, 1.807) is 6.20 Å². The molecule has 1 aromatic carbocycles. The quantitative estimate of drug-likeness (QED) is 0.594. The number of rotatable bonds is 8. The van der Waals surface area contributed by atoms with Crippen LogP contribution in [0.2, 0.25) is 0 Å². The largest absolute Gasteiger partial charge is 0.365 e. The fourth-order valence-corrected chi connectivity index (χ4v) is 3.77. The maximum absolute atomic E-state index is 13.0. The van der Waals surface area contributed by atoms with E-state index in [-0.39, 0.29) is 5.91 Å². The second-order valence-electron chi connectivity index (χ2n) is 7.44. The highest BCUT2D eigenvalue weighted by Gasteiger charge is 2.43. The Morgan fingerprint density at radius 2 is 2.17 bits per heavy atom. The number of benzene rings is 1. The molecule has 1 atom stereocenters. The normalized spacial score (nSPS) is 18.8. The molecule has 7 nitrogen and oxygen atoms in total. The maximum Gasteiger partial charge on any atom is 0.252 e. The van der Waals surface area contributed by atoms with Gasteiger partial charge in [-0.15, -0.1) is 0 Å². The molecule has 0 bridgehead atoms. The first-order valence-electron chi connectivity index (χ1n) is 10.1. The van der Waals surface area contributed by atoms with Gasteiger partial charge in [0.15, 0.2) is 5.60 Å². The summed E-state index contributed by atoms with van der Waals surface area (Å²) >= 11 is 0. The van der Waals surface area contributed by atoms with Crippen LogP contribution < -0.4 is 5.32 Å². The van der Waals surface area contributed by atoms with Gasteiger partial charge in [-0.2, -0.15) is 0 Å². The van der Waals surface area contributed by atoms with Crippen LogP contribution in [-0.4, -0.2) is 39.4 Å². The van der Waals surface area contributed by atoms with Crippen molar-refractivity contribution in [3.05, 3.63) is 60.4 Å². The van der Waals surface area contributed by atoms with Gasteiger partial charge >= 0.3 is 0 Å². The lowest BCUT2D eigenvalue weighted by Crippen LogP contribution is -2.48. The Bertz CT molecular complexity index is 942. The van der Waals surface area contributed by atoms with Crippen molar-refractivity contribution in [3.8, 4) is 11.3 Å². The van der Waals surface area contributed by atoms with Gasteiger partial charge in [0.1, 0.15) is 17.3 Å². The van der Waals surface area contributed by atoms with E-state index in [0.717, 1.165) is 36.5 Å². The van der Waals surface area contributed by atoms with E-state index >= 15 is 0 Å². The fraction of sp³-hybridized carbons (Fsp3) is 0.409. The molecule has 1 aliphatic rings. The minimum Gasteiger partial charge on any atom is -0.365 e. The summed E-state index contributed by atoms with van der Waals surface area (Å²) in [6.07, 6.45) is 6.50. The second-order valence-corrected chi connectivity index (χ2v) is 7.44. The first kappa shape index (κ1) is 19.4. The van der Waals surface area contributed by atoms with E-state index in [0.29, 0.717) is 31.8 Å². The predicted molar refractivity (Wildman–Crippen MR) is 108 cm³/mol. The Hall–Kier alpha value is -2.93. The summed E-state index contributed by atoms with van der Waals surface area (Å²) in [5, 5.41) is 7.21. The minimum absolute atomic E-state index is 0.0741. The molecule has 0 spiro atoms. The standard InChI is InChI=1S/C22H26N4O3/c1-17-23-11-13-26(17)12-6-10-24-21(27)22(9-5-14-28-22)16-19-15-20(25-29-19)18-7-3-2-4-8-18/h2-4,7-8,11,13,15H,5-6,9-10,12,14,16H2,1H3,(H,24,27)/t22-/m0/s1. The lowest BCUT2D eigenvalue weighted by atomic mass is 9.93. The van der Waals surface area contributed by atoms with Crippen molar-refractivity contribution < 1.29 is 14.1 Å². The van der Waals surface area contributed by atoms with Gasteiger partial charge in [-0.1, -0.05) is 35.5 Å². The number of nitrogens with zero attached hydrogens (tertiary/aromatic N) is 3. The number of imidazole rings is 1. The minimum atomic E-state index is -0.877. The molecular formula is C22H26N4O3. The third-order valence-electron chi connectivity index (χ3n) is 5.39. The number of carbonyl (C=O) groups excluding carboxylic acids is 1. The Balaban J connectivity index is 1.36. The molecule has 4 rings (SSSR count). The van der Waals surface area contributed by atoms with Crippen LogP contribution in [0.4, 0.5) is 0 Å². The van der Waals surface area contributed by atoms with Crippen LogP contribution in [0.1, 0.15) is 30.8 Å². The lowest BCUT2D eigenvalue weighted by molar-refractivity contribution is -0.141. The number of hydrogen-bond donors (Lipinski definition) is 1. The maximum atomic E-state index is 13.0. The van der Waals surface area contributed by atoms with E-state index in [1.165, 1.54) is 0 Å². The van der Waals surface area contributed by atoms with E-state index in [2.05, 4.69) is 20.0 Å². The van der Waals surface area contributed by atoms with Crippen LogP contribution in [0.5, 0.6) is 0 Å². The summed E-state index contributed by atoms with van der Waals surface area (Å²) in [6, 6.07) is 11.8. The van der Waals surface area contributed by atoms with Crippen LogP contribution in [0, 0.1) is 6.92 Å². The average Bonchev–Trinajstić information content (AvgIpc) is 3.49. The van der Waals surface area contributed by atoms with Gasteiger partial charge in [0.2, 0.25) is 0 Å². The van der Waals surface area contributed by atoms with Gasteiger partial charge in [-0.3, -0.25) is 4.79 Å². The highest BCUT2D eigenvalue weighted by Crippen LogP contribution is 2.31. The molecular weight excluding hydrogens is 368 g/mol. The van der Waals surface area contributed by atoms with Gasteiger partial charge in [-0.25, -0.2) is 4.98 Å². The third-order valence-corrected chi connectivity index (χ3v) is 5.39. The summed E-state index contributed by atoms with van der Waals surface area (Å²) in [6.45, 7) is 3.97. The number of ether oxygens (including phenoxy) is 1. The summed E-state index contributed by atoms with van der Waals surface area (Å²) in [5.41, 5.74) is 0.881. The van der Waals surface area contributed by atoms with Crippen molar-refractivity contribution in [3.63, 3.8) is 0 Å². The first-order chi connectivity index (χ1) is 14.2. The predicted octanol–water partition coefficient (Wildman–Crippen LogP) is 3.14. The van der Waals surface area contributed by atoms with Crippen LogP contribution in [-0.2, 0) is 22.5 Å². The molecule has 1 aliphatic heterocycles. The number of hydrogen-bond acceptors (Lipinski definition) is 5. The van der Waals surface area contributed by atoms with Crippen molar-refractivity contribution >= 4 is 5.91 Å². The summed E-state index contributed by atoms with van der Waals surface area (Å²) in [4.78, 5) is 17.2. The molecule has 1 fully saturated rings. The van der Waals surface area contributed by atoms with Crippen molar-refractivity contribution in [2.24, 2.45) is 0 Å². The Morgan fingerprint density at radius 1 is 1.31 bits per heavy atom. The monoisotopic (exact) mass is 394 g/mol. The topological polar surface area (TPSA) is 82.2 Å². The molecule has 152 valence electrons. The molecule has 0 aliphatic carbocycles.